The average molecular weight is 494 g/mol. The maximum absolute atomic E-state index is 13.1. The third kappa shape index (κ3) is 4.12. The van der Waals surface area contributed by atoms with E-state index in [1.807, 2.05) is 10.9 Å². The van der Waals surface area contributed by atoms with Gasteiger partial charge >= 0.3 is 0 Å². The van der Waals surface area contributed by atoms with Crippen molar-refractivity contribution in [2.24, 2.45) is 0 Å². The van der Waals surface area contributed by atoms with Crippen LogP contribution in [-0.4, -0.2) is 63.7 Å². The van der Waals surface area contributed by atoms with Crippen LogP contribution in [0.1, 0.15) is 42.1 Å². The van der Waals surface area contributed by atoms with E-state index in [1.165, 1.54) is 17.1 Å². The lowest BCUT2D eigenvalue weighted by atomic mass is 9.91. The number of benzene rings is 1. The van der Waals surface area contributed by atoms with Crippen molar-refractivity contribution in [1.29, 1.82) is 0 Å². The van der Waals surface area contributed by atoms with E-state index in [0.717, 1.165) is 18.5 Å². The summed E-state index contributed by atoms with van der Waals surface area (Å²) in [7, 11) is 0. The number of rotatable bonds is 5. The molecule has 1 aromatic carbocycles. The van der Waals surface area contributed by atoms with Crippen molar-refractivity contribution >= 4 is 28.5 Å². The molecule has 4 aromatic rings. The summed E-state index contributed by atoms with van der Waals surface area (Å²) in [6.45, 7) is 0.911. The van der Waals surface area contributed by atoms with Crippen LogP contribution < -0.4 is 5.56 Å². The number of carbonyl (C=O) groups excluding carboxylic acids is 1. The minimum absolute atomic E-state index is 0.0752. The Labute approximate surface area is 205 Å². The maximum atomic E-state index is 13.1. The Kier molecular flexibility index (Phi) is 5.23. The molecule has 1 aliphatic heterocycles. The van der Waals surface area contributed by atoms with Gasteiger partial charge in [-0.05, 0) is 49.9 Å². The number of carbonyl (C=O) groups is 1. The number of likely N-dealkylation sites (tertiary alicyclic amines) is 1. The fourth-order valence-electron chi connectivity index (χ4n) is 4.60. The number of aromatic nitrogens is 6. The largest absolute Gasteiger partial charge is 0.388 e. The van der Waals surface area contributed by atoms with Gasteiger partial charge in [0.2, 0.25) is 0 Å². The topological polar surface area (TPSA) is 111 Å². The van der Waals surface area contributed by atoms with Crippen LogP contribution in [0.5, 0.6) is 0 Å². The van der Waals surface area contributed by atoms with E-state index < -0.39 is 5.60 Å². The zero-order chi connectivity index (χ0) is 24.2. The molecule has 4 heterocycles. The number of amides is 1. The van der Waals surface area contributed by atoms with Gasteiger partial charge in [0.05, 0.1) is 41.8 Å². The van der Waals surface area contributed by atoms with Gasteiger partial charge in [0.1, 0.15) is 11.7 Å². The third-order valence-electron chi connectivity index (χ3n) is 6.84. The first-order chi connectivity index (χ1) is 16.9. The van der Waals surface area contributed by atoms with Crippen LogP contribution in [0, 0.1) is 0 Å². The Bertz CT molecular complexity index is 1460. The quantitative estimate of drug-likeness (QED) is 0.457. The highest BCUT2D eigenvalue weighted by Gasteiger charge is 2.35. The summed E-state index contributed by atoms with van der Waals surface area (Å²) in [6, 6.07) is 7.52. The first-order valence-corrected chi connectivity index (χ1v) is 12.0. The van der Waals surface area contributed by atoms with Gasteiger partial charge in [-0.15, -0.1) is 0 Å². The molecule has 35 heavy (non-hydrogen) atoms. The summed E-state index contributed by atoms with van der Waals surface area (Å²) < 4.78 is 4.87. The number of aliphatic hydroxyl groups is 1. The van der Waals surface area contributed by atoms with Crippen LogP contribution in [0.15, 0.2) is 54.0 Å². The van der Waals surface area contributed by atoms with Crippen LogP contribution in [0.3, 0.4) is 0 Å². The molecule has 1 saturated heterocycles. The summed E-state index contributed by atoms with van der Waals surface area (Å²) in [5.41, 5.74) is 0.376. The Hall–Kier alpha value is -3.50. The normalized spacial score (nSPS) is 17.7. The van der Waals surface area contributed by atoms with Crippen molar-refractivity contribution in [3.63, 3.8) is 0 Å². The second-order valence-electron chi connectivity index (χ2n) is 9.40. The molecule has 0 bridgehead atoms. The van der Waals surface area contributed by atoms with Gasteiger partial charge in [-0.1, -0.05) is 11.6 Å². The van der Waals surface area contributed by atoms with Gasteiger partial charge in [0.15, 0.2) is 5.65 Å². The smallest absolute Gasteiger partial charge is 0.264 e. The lowest BCUT2D eigenvalue weighted by molar-refractivity contribution is -0.0299. The van der Waals surface area contributed by atoms with Crippen molar-refractivity contribution in [3.8, 4) is 5.69 Å². The standard InChI is InChI=1S/C24H24ClN7O3/c25-17-1-3-19(4-2-17)32-21-20(12-28-32)23(34)30(15-26-21)14-24(35)7-9-29(10-8-24)22(33)16-11-27-31(13-16)18-5-6-18/h1-4,11-13,15,18,35H,5-10,14H2. The summed E-state index contributed by atoms with van der Waals surface area (Å²) in [4.78, 5) is 32.2. The molecule has 1 amide bonds. The molecule has 0 atom stereocenters. The second kappa shape index (κ2) is 8.31. The van der Waals surface area contributed by atoms with E-state index in [2.05, 4.69) is 15.2 Å². The van der Waals surface area contributed by atoms with Gasteiger partial charge < -0.3 is 10.0 Å². The summed E-state index contributed by atoms with van der Waals surface area (Å²) in [6.07, 6.45) is 9.30. The molecule has 3 aromatic heterocycles. The molecule has 1 aliphatic carbocycles. The predicted octanol–water partition coefficient (Wildman–Crippen LogP) is 2.43. The summed E-state index contributed by atoms with van der Waals surface area (Å²) in [5.74, 6) is -0.0752. The van der Waals surface area contributed by atoms with E-state index >= 15 is 0 Å². The number of hydrogen-bond donors (Lipinski definition) is 1. The second-order valence-corrected chi connectivity index (χ2v) is 9.84. The van der Waals surface area contributed by atoms with Crippen molar-refractivity contribution in [2.75, 3.05) is 13.1 Å². The number of fused-ring (bicyclic) bond motifs is 1. The lowest BCUT2D eigenvalue weighted by Crippen LogP contribution is -2.49. The van der Waals surface area contributed by atoms with E-state index in [4.69, 9.17) is 11.6 Å². The maximum Gasteiger partial charge on any atom is 0.264 e. The zero-order valence-corrected chi connectivity index (χ0v) is 19.7. The van der Waals surface area contributed by atoms with E-state index in [0.29, 0.717) is 53.6 Å². The number of halogens is 1. The summed E-state index contributed by atoms with van der Waals surface area (Å²) >= 11 is 5.97. The minimum Gasteiger partial charge on any atom is -0.388 e. The monoisotopic (exact) mass is 493 g/mol. The highest BCUT2D eigenvalue weighted by Crippen LogP contribution is 2.34. The van der Waals surface area contributed by atoms with E-state index in [1.54, 1.807) is 40.0 Å². The molecular weight excluding hydrogens is 470 g/mol. The van der Waals surface area contributed by atoms with Crippen molar-refractivity contribution < 1.29 is 9.90 Å². The Morgan fingerprint density at radius 3 is 2.57 bits per heavy atom. The Morgan fingerprint density at radius 1 is 1.11 bits per heavy atom. The predicted molar refractivity (Wildman–Crippen MR) is 129 cm³/mol. The molecule has 1 N–H and O–H groups in total. The van der Waals surface area contributed by atoms with Gasteiger partial charge in [0, 0.05) is 24.3 Å². The van der Waals surface area contributed by atoms with Crippen LogP contribution in [0.25, 0.3) is 16.7 Å². The molecule has 11 heteroatoms. The van der Waals surface area contributed by atoms with Crippen molar-refractivity contribution in [3.05, 3.63) is 70.1 Å². The van der Waals surface area contributed by atoms with Crippen molar-refractivity contribution in [2.45, 2.75) is 43.9 Å². The molecule has 0 unspecified atom stereocenters. The molecule has 180 valence electrons. The van der Waals surface area contributed by atoms with Crippen LogP contribution in [-0.2, 0) is 6.54 Å². The highest BCUT2D eigenvalue weighted by atomic mass is 35.5. The number of nitrogens with zero attached hydrogens (tertiary/aromatic N) is 7. The molecule has 10 nitrogen and oxygen atoms in total. The first-order valence-electron chi connectivity index (χ1n) is 11.7. The molecule has 2 fully saturated rings. The van der Waals surface area contributed by atoms with Gasteiger partial charge in [-0.3, -0.25) is 18.8 Å². The first kappa shape index (κ1) is 22.0. The molecule has 1 saturated carbocycles. The van der Waals surface area contributed by atoms with Crippen LogP contribution in [0.2, 0.25) is 5.02 Å². The Balaban J connectivity index is 1.16. The third-order valence-corrected chi connectivity index (χ3v) is 7.09. The Morgan fingerprint density at radius 2 is 1.86 bits per heavy atom. The van der Waals surface area contributed by atoms with Gasteiger partial charge in [0.25, 0.3) is 11.5 Å². The molecule has 6 rings (SSSR count). The van der Waals surface area contributed by atoms with Crippen LogP contribution in [0.4, 0.5) is 0 Å². The summed E-state index contributed by atoms with van der Waals surface area (Å²) in [5, 5.41) is 20.8. The molecular formula is C24H24ClN7O3. The number of hydrogen-bond acceptors (Lipinski definition) is 6. The highest BCUT2D eigenvalue weighted by molar-refractivity contribution is 6.30. The minimum atomic E-state index is -1.11. The fourth-order valence-corrected chi connectivity index (χ4v) is 4.73. The fraction of sp³-hybridized carbons (Fsp3) is 0.375. The van der Waals surface area contributed by atoms with Crippen LogP contribution >= 0.6 is 11.6 Å². The molecule has 2 aliphatic rings. The van der Waals surface area contributed by atoms with Crippen molar-refractivity contribution in [1.82, 2.24) is 34.0 Å². The zero-order valence-electron chi connectivity index (χ0n) is 18.9. The van der Waals surface area contributed by atoms with E-state index in [9.17, 15) is 14.7 Å². The number of piperidine rings is 1. The molecule has 0 radical (unpaired) electrons. The van der Waals surface area contributed by atoms with E-state index in [-0.39, 0.29) is 18.0 Å². The average Bonchev–Trinajstić information content (AvgIpc) is 3.42. The SMILES string of the molecule is O=C(c1cnn(C2CC2)c1)N1CCC(O)(Cn2cnc3c(cnn3-c3ccc(Cl)cc3)c2=O)CC1. The molecule has 0 spiro atoms. The van der Waals surface area contributed by atoms with Gasteiger partial charge in [-0.25, -0.2) is 9.67 Å². The van der Waals surface area contributed by atoms with Gasteiger partial charge in [-0.2, -0.15) is 10.2 Å². The lowest BCUT2D eigenvalue weighted by Gasteiger charge is -2.38.